The van der Waals surface area contributed by atoms with Crippen LogP contribution in [0.25, 0.3) is 0 Å². The molecule has 0 aliphatic carbocycles. The number of rotatable bonds is 12. The number of hydrogen-bond acceptors (Lipinski definition) is 7. The molecule has 0 unspecified atom stereocenters. The molecule has 1 aliphatic heterocycles. The van der Waals surface area contributed by atoms with Gasteiger partial charge in [-0.15, -0.1) is 0 Å². The first-order valence-corrected chi connectivity index (χ1v) is 10.9. The van der Waals surface area contributed by atoms with E-state index in [1.807, 2.05) is 0 Å². The molecule has 0 radical (unpaired) electrons. The zero-order valence-corrected chi connectivity index (χ0v) is 19.6. The molecule has 1 aliphatic rings. The Balaban J connectivity index is 1.97. The number of hydrogen-bond donors (Lipinski definition) is 4. The lowest BCUT2D eigenvalue weighted by Crippen LogP contribution is -2.55. The Morgan fingerprint density at radius 1 is 0.941 bits per heavy atom. The van der Waals surface area contributed by atoms with Crippen LogP contribution in [0.2, 0.25) is 0 Å². The number of carbonyl (C=O) groups is 6. The summed E-state index contributed by atoms with van der Waals surface area (Å²) in [6.45, 7) is 6.36. The van der Waals surface area contributed by atoms with Crippen molar-refractivity contribution in [1.82, 2.24) is 30.8 Å². The predicted octanol–water partition coefficient (Wildman–Crippen LogP) is -1.01. The summed E-state index contributed by atoms with van der Waals surface area (Å²) in [5.74, 6) is -3.12. The van der Waals surface area contributed by atoms with Crippen LogP contribution in [0.15, 0.2) is 24.7 Å². The Bertz CT molecular complexity index is 953. The standard InChI is InChI=1S/C22H30N6O6/c1-12(2)20(32)13(3)25-21(33)14(4)26-22(34)16(9-15-10-23-11-24-15)27-17(29)7-8-28-18(30)5-6-19(28)31/h5-6,10-14,16H,7-9H2,1-4H3,(H,23,24)(H,25,33)(H,26,34)(H,27,29)/t13-,14-,16-/m0/s1. The van der Waals surface area contributed by atoms with Crippen LogP contribution in [0.3, 0.4) is 0 Å². The molecule has 2 heterocycles. The van der Waals surface area contributed by atoms with Crippen molar-refractivity contribution >= 4 is 35.3 Å². The number of ketones is 1. The number of H-pyrrole nitrogens is 1. The van der Waals surface area contributed by atoms with Crippen molar-refractivity contribution in [3.8, 4) is 0 Å². The van der Waals surface area contributed by atoms with Gasteiger partial charge in [-0.05, 0) is 13.8 Å². The number of imide groups is 1. The summed E-state index contributed by atoms with van der Waals surface area (Å²) in [5, 5.41) is 7.68. The van der Waals surface area contributed by atoms with Crippen molar-refractivity contribution in [3.05, 3.63) is 30.4 Å². The Morgan fingerprint density at radius 2 is 1.56 bits per heavy atom. The highest BCUT2D eigenvalue weighted by atomic mass is 16.2. The number of amides is 5. The van der Waals surface area contributed by atoms with Gasteiger partial charge in [-0.2, -0.15) is 0 Å². The van der Waals surface area contributed by atoms with E-state index in [-0.39, 0.29) is 31.1 Å². The molecule has 2 rings (SSSR count). The van der Waals surface area contributed by atoms with Gasteiger partial charge in [-0.1, -0.05) is 13.8 Å². The maximum absolute atomic E-state index is 12.9. The molecule has 0 bridgehead atoms. The molecule has 1 aromatic heterocycles. The summed E-state index contributed by atoms with van der Waals surface area (Å²) in [6.07, 6.45) is 5.03. The predicted molar refractivity (Wildman–Crippen MR) is 120 cm³/mol. The van der Waals surface area contributed by atoms with Gasteiger partial charge >= 0.3 is 0 Å². The molecule has 4 N–H and O–H groups in total. The minimum Gasteiger partial charge on any atom is -0.348 e. The van der Waals surface area contributed by atoms with E-state index in [2.05, 4.69) is 25.9 Å². The third kappa shape index (κ3) is 7.36. The Kier molecular flexibility index (Phi) is 9.22. The third-order valence-corrected chi connectivity index (χ3v) is 5.20. The fourth-order valence-corrected chi connectivity index (χ4v) is 3.25. The van der Waals surface area contributed by atoms with Gasteiger partial charge in [0.25, 0.3) is 11.8 Å². The molecule has 0 spiro atoms. The number of Topliss-reactive ketones (excluding diaryl/α,β-unsaturated/α-hetero) is 1. The molecular formula is C22H30N6O6. The molecule has 0 fully saturated rings. The lowest BCUT2D eigenvalue weighted by Gasteiger charge is -2.23. The smallest absolute Gasteiger partial charge is 0.253 e. The summed E-state index contributed by atoms with van der Waals surface area (Å²) < 4.78 is 0. The van der Waals surface area contributed by atoms with Gasteiger partial charge in [-0.25, -0.2) is 4.98 Å². The van der Waals surface area contributed by atoms with Crippen LogP contribution in [0.4, 0.5) is 0 Å². The van der Waals surface area contributed by atoms with Gasteiger partial charge in [0.1, 0.15) is 12.1 Å². The largest absolute Gasteiger partial charge is 0.348 e. The quantitative estimate of drug-likeness (QED) is 0.281. The molecule has 5 amide bonds. The van der Waals surface area contributed by atoms with Crippen molar-refractivity contribution in [2.45, 2.75) is 58.7 Å². The molecule has 0 aromatic carbocycles. The van der Waals surface area contributed by atoms with Crippen molar-refractivity contribution in [2.75, 3.05) is 6.54 Å². The van der Waals surface area contributed by atoms with Crippen LogP contribution < -0.4 is 16.0 Å². The number of nitrogens with one attached hydrogen (secondary N) is 4. The lowest BCUT2D eigenvalue weighted by atomic mass is 10.0. The minimum atomic E-state index is -1.05. The summed E-state index contributed by atoms with van der Waals surface area (Å²) in [4.78, 5) is 80.7. The fraction of sp³-hybridized carbons (Fsp3) is 0.500. The van der Waals surface area contributed by atoms with Crippen molar-refractivity contribution < 1.29 is 28.8 Å². The van der Waals surface area contributed by atoms with Crippen LogP contribution in [-0.4, -0.2) is 74.9 Å². The van der Waals surface area contributed by atoms with Gasteiger partial charge in [0.2, 0.25) is 17.7 Å². The first-order valence-electron chi connectivity index (χ1n) is 10.9. The van der Waals surface area contributed by atoms with E-state index in [1.165, 1.54) is 19.4 Å². The van der Waals surface area contributed by atoms with Crippen LogP contribution in [0, 0.1) is 5.92 Å². The number of imidazole rings is 1. The first-order chi connectivity index (χ1) is 16.0. The van der Waals surface area contributed by atoms with Crippen LogP contribution in [-0.2, 0) is 35.2 Å². The number of carbonyl (C=O) groups excluding carboxylic acids is 6. The number of nitrogens with zero attached hydrogens (tertiary/aromatic N) is 2. The number of aromatic nitrogens is 2. The maximum Gasteiger partial charge on any atom is 0.253 e. The highest BCUT2D eigenvalue weighted by molar-refractivity contribution is 6.13. The second-order valence-electron chi connectivity index (χ2n) is 8.33. The van der Waals surface area contributed by atoms with Crippen molar-refractivity contribution in [1.29, 1.82) is 0 Å². The van der Waals surface area contributed by atoms with Crippen molar-refractivity contribution in [3.63, 3.8) is 0 Å². The Morgan fingerprint density at radius 3 is 2.12 bits per heavy atom. The zero-order valence-electron chi connectivity index (χ0n) is 19.6. The molecule has 184 valence electrons. The minimum absolute atomic E-state index is 0.0667. The third-order valence-electron chi connectivity index (χ3n) is 5.20. The van der Waals surface area contributed by atoms with Gasteiger partial charge in [0, 0.05) is 49.3 Å². The van der Waals surface area contributed by atoms with Gasteiger partial charge in [-0.3, -0.25) is 33.7 Å². The highest BCUT2D eigenvalue weighted by Gasteiger charge is 2.28. The van der Waals surface area contributed by atoms with E-state index in [4.69, 9.17) is 0 Å². The SMILES string of the molecule is CC(C)C(=O)[C@H](C)NC(=O)[C@H](C)NC(=O)[C@H](Cc1cnc[nH]1)NC(=O)CCN1C(=O)C=CC1=O. The first kappa shape index (κ1) is 26.4. The molecule has 34 heavy (non-hydrogen) atoms. The second-order valence-corrected chi connectivity index (χ2v) is 8.33. The topological polar surface area (TPSA) is 170 Å². The van der Waals surface area contributed by atoms with E-state index in [0.717, 1.165) is 17.1 Å². The summed E-state index contributed by atoms with van der Waals surface area (Å²) in [7, 11) is 0. The monoisotopic (exact) mass is 474 g/mol. The van der Waals surface area contributed by atoms with Gasteiger partial charge < -0.3 is 20.9 Å². The van der Waals surface area contributed by atoms with E-state index in [0.29, 0.717) is 5.69 Å². The van der Waals surface area contributed by atoms with Gasteiger partial charge in [0.15, 0.2) is 5.78 Å². The lowest BCUT2D eigenvalue weighted by molar-refractivity contribution is -0.137. The molecule has 0 saturated carbocycles. The van der Waals surface area contributed by atoms with E-state index in [9.17, 15) is 28.8 Å². The van der Waals surface area contributed by atoms with E-state index in [1.54, 1.807) is 20.8 Å². The van der Waals surface area contributed by atoms with Crippen LogP contribution >= 0.6 is 0 Å². The summed E-state index contributed by atoms with van der Waals surface area (Å²) in [5.41, 5.74) is 0.572. The summed E-state index contributed by atoms with van der Waals surface area (Å²) >= 11 is 0. The van der Waals surface area contributed by atoms with E-state index >= 15 is 0 Å². The molecule has 12 nitrogen and oxygen atoms in total. The average Bonchev–Trinajstić information content (AvgIpc) is 3.40. The van der Waals surface area contributed by atoms with Crippen LogP contribution in [0.1, 0.15) is 39.8 Å². The van der Waals surface area contributed by atoms with Crippen LogP contribution in [0.5, 0.6) is 0 Å². The maximum atomic E-state index is 12.9. The van der Waals surface area contributed by atoms with E-state index < -0.39 is 47.7 Å². The van der Waals surface area contributed by atoms with Crippen molar-refractivity contribution in [2.24, 2.45) is 5.92 Å². The Hall–Kier alpha value is -3.83. The second kappa shape index (κ2) is 11.9. The average molecular weight is 475 g/mol. The zero-order chi connectivity index (χ0) is 25.4. The molecule has 12 heteroatoms. The Labute approximate surface area is 196 Å². The normalized spacial score (nSPS) is 15.7. The molecule has 0 saturated heterocycles. The highest BCUT2D eigenvalue weighted by Crippen LogP contribution is 2.06. The fourth-order valence-electron chi connectivity index (χ4n) is 3.25. The molecular weight excluding hydrogens is 444 g/mol. The number of aromatic amines is 1. The molecule has 1 aromatic rings. The summed E-state index contributed by atoms with van der Waals surface area (Å²) in [6, 6.07) is -2.74. The molecule has 3 atom stereocenters. The van der Waals surface area contributed by atoms with Gasteiger partial charge in [0.05, 0.1) is 12.4 Å².